The van der Waals surface area contributed by atoms with Crippen molar-refractivity contribution in [2.45, 2.75) is 53.1 Å². The van der Waals surface area contributed by atoms with Crippen molar-refractivity contribution < 1.29 is 4.74 Å². The lowest BCUT2D eigenvalue weighted by Crippen LogP contribution is -2.39. The molecule has 1 aromatic carbocycles. The fraction of sp³-hybridized carbons (Fsp3) is 0.667. The highest BCUT2D eigenvalue weighted by Crippen LogP contribution is 2.29. The monoisotopic (exact) mass is 275 g/mol. The van der Waals surface area contributed by atoms with Crippen molar-refractivity contribution in [1.82, 2.24) is 0 Å². The molecule has 0 aromatic heterocycles. The predicted octanol–water partition coefficient (Wildman–Crippen LogP) is 4.33. The molecule has 1 atom stereocenters. The molecule has 1 fully saturated rings. The summed E-state index contributed by atoms with van der Waals surface area (Å²) in [6, 6.07) is 6.59. The van der Waals surface area contributed by atoms with E-state index in [0.29, 0.717) is 5.92 Å². The van der Waals surface area contributed by atoms with Crippen molar-refractivity contribution >= 4 is 5.69 Å². The first kappa shape index (κ1) is 15.4. The summed E-state index contributed by atoms with van der Waals surface area (Å²) in [7, 11) is 0. The summed E-state index contributed by atoms with van der Waals surface area (Å²) >= 11 is 0. The molecule has 1 saturated heterocycles. The van der Waals surface area contributed by atoms with Crippen LogP contribution in [0.3, 0.4) is 0 Å². The van der Waals surface area contributed by atoms with Crippen molar-refractivity contribution in [3.8, 4) is 0 Å². The topological polar surface area (TPSA) is 12.5 Å². The Morgan fingerprint density at radius 1 is 1.20 bits per heavy atom. The standard InChI is InChI=1S/C18H29NO/c1-14-8-6-9-15(2)17(14)19-11-7-10-16(12-19)13-20-18(3,4)5/h6,8-9,16H,7,10-13H2,1-5H3. The van der Waals surface area contributed by atoms with Gasteiger partial charge in [0.15, 0.2) is 0 Å². The number of nitrogens with zero attached hydrogens (tertiary/aromatic N) is 1. The number of anilines is 1. The molecule has 0 spiro atoms. The minimum absolute atomic E-state index is 0.0269. The van der Waals surface area contributed by atoms with Gasteiger partial charge >= 0.3 is 0 Å². The third-order valence-corrected chi connectivity index (χ3v) is 4.03. The fourth-order valence-corrected chi connectivity index (χ4v) is 3.08. The minimum atomic E-state index is -0.0269. The van der Waals surface area contributed by atoms with Gasteiger partial charge < -0.3 is 9.64 Å². The molecule has 2 heteroatoms. The Bertz CT molecular complexity index is 427. The van der Waals surface area contributed by atoms with Crippen LogP contribution < -0.4 is 4.90 Å². The Labute approximate surface area is 124 Å². The summed E-state index contributed by atoms with van der Waals surface area (Å²) in [5.74, 6) is 0.655. The highest BCUT2D eigenvalue weighted by Gasteiger charge is 2.23. The third-order valence-electron chi connectivity index (χ3n) is 4.03. The van der Waals surface area contributed by atoms with E-state index in [1.165, 1.54) is 36.2 Å². The zero-order valence-electron chi connectivity index (χ0n) is 13.7. The summed E-state index contributed by atoms with van der Waals surface area (Å²) in [4.78, 5) is 2.56. The number of para-hydroxylation sites is 1. The van der Waals surface area contributed by atoms with Gasteiger partial charge in [0.1, 0.15) is 0 Å². The largest absolute Gasteiger partial charge is 0.376 e. The third kappa shape index (κ3) is 3.99. The Morgan fingerprint density at radius 2 is 1.85 bits per heavy atom. The number of aryl methyl sites for hydroxylation is 2. The average Bonchev–Trinajstić information content (AvgIpc) is 2.36. The normalized spacial score (nSPS) is 20.2. The lowest BCUT2D eigenvalue weighted by atomic mass is 9.96. The molecule has 2 rings (SSSR count). The summed E-state index contributed by atoms with van der Waals surface area (Å²) in [5, 5.41) is 0. The number of piperidine rings is 1. The molecule has 112 valence electrons. The molecule has 1 aliphatic heterocycles. The van der Waals surface area contributed by atoms with Crippen LogP contribution >= 0.6 is 0 Å². The van der Waals surface area contributed by atoms with Gasteiger partial charge in [-0.1, -0.05) is 18.2 Å². The van der Waals surface area contributed by atoms with E-state index in [0.717, 1.165) is 13.2 Å². The maximum absolute atomic E-state index is 5.99. The highest BCUT2D eigenvalue weighted by atomic mass is 16.5. The molecule has 0 radical (unpaired) electrons. The van der Waals surface area contributed by atoms with Crippen LogP contribution in [-0.4, -0.2) is 25.3 Å². The first-order valence-corrected chi connectivity index (χ1v) is 7.82. The van der Waals surface area contributed by atoms with Gasteiger partial charge in [0.05, 0.1) is 12.2 Å². The molecular formula is C18H29NO. The van der Waals surface area contributed by atoms with E-state index < -0.39 is 0 Å². The summed E-state index contributed by atoms with van der Waals surface area (Å²) in [6.45, 7) is 14.0. The van der Waals surface area contributed by atoms with Gasteiger partial charge in [0.25, 0.3) is 0 Å². The quantitative estimate of drug-likeness (QED) is 0.814. The number of hydrogen-bond donors (Lipinski definition) is 0. The highest BCUT2D eigenvalue weighted by molar-refractivity contribution is 5.59. The Balaban J connectivity index is 2.03. The van der Waals surface area contributed by atoms with Crippen LogP contribution in [0.2, 0.25) is 0 Å². The van der Waals surface area contributed by atoms with E-state index in [2.05, 4.69) is 57.7 Å². The minimum Gasteiger partial charge on any atom is -0.376 e. The van der Waals surface area contributed by atoms with E-state index in [9.17, 15) is 0 Å². The zero-order valence-corrected chi connectivity index (χ0v) is 13.7. The van der Waals surface area contributed by atoms with Crippen LogP contribution in [0.25, 0.3) is 0 Å². The van der Waals surface area contributed by atoms with Crippen molar-refractivity contribution in [1.29, 1.82) is 0 Å². The lowest BCUT2D eigenvalue weighted by Gasteiger charge is -2.37. The second kappa shape index (κ2) is 6.17. The molecular weight excluding hydrogens is 246 g/mol. The zero-order chi connectivity index (χ0) is 14.8. The number of ether oxygens (including phenoxy) is 1. The van der Waals surface area contributed by atoms with E-state index in [1.807, 2.05) is 0 Å². The Morgan fingerprint density at radius 3 is 2.45 bits per heavy atom. The first-order chi connectivity index (χ1) is 9.37. The van der Waals surface area contributed by atoms with Gasteiger partial charge in [0, 0.05) is 18.8 Å². The maximum Gasteiger partial charge on any atom is 0.0598 e. The van der Waals surface area contributed by atoms with Gasteiger partial charge in [-0.25, -0.2) is 0 Å². The molecule has 1 unspecified atom stereocenters. The molecule has 1 aliphatic rings. The molecule has 0 saturated carbocycles. The molecule has 1 aromatic rings. The van der Waals surface area contributed by atoms with Crippen molar-refractivity contribution in [2.75, 3.05) is 24.6 Å². The maximum atomic E-state index is 5.99. The van der Waals surface area contributed by atoms with E-state index in [1.54, 1.807) is 0 Å². The van der Waals surface area contributed by atoms with Crippen molar-refractivity contribution in [3.05, 3.63) is 29.3 Å². The smallest absolute Gasteiger partial charge is 0.0598 e. The average molecular weight is 275 g/mol. The van der Waals surface area contributed by atoms with Crippen LogP contribution in [0.4, 0.5) is 5.69 Å². The summed E-state index contributed by atoms with van der Waals surface area (Å²) in [6.07, 6.45) is 2.56. The SMILES string of the molecule is Cc1cccc(C)c1N1CCCC(COC(C)(C)C)C1. The fourth-order valence-electron chi connectivity index (χ4n) is 3.08. The molecule has 1 heterocycles. The first-order valence-electron chi connectivity index (χ1n) is 7.82. The van der Waals surface area contributed by atoms with E-state index >= 15 is 0 Å². The van der Waals surface area contributed by atoms with E-state index in [4.69, 9.17) is 4.74 Å². The molecule has 0 N–H and O–H groups in total. The van der Waals surface area contributed by atoms with Gasteiger partial charge in [0.2, 0.25) is 0 Å². The van der Waals surface area contributed by atoms with Crippen LogP contribution in [0.5, 0.6) is 0 Å². The van der Waals surface area contributed by atoms with Crippen LogP contribution in [0.15, 0.2) is 18.2 Å². The lowest BCUT2D eigenvalue weighted by molar-refractivity contribution is -0.0240. The van der Waals surface area contributed by atoms with Crippen LogP contribution in [0.1, 0.15) is 44.7 Å². The van der Waals surface area contributed by atoms with Gasteiger partial charge in [-0.2, -0.15) is 0 Å². The number of rotatable bonds is 3. The molecule has 0 aliphatic carbocycles. The summed E-state index contributed by atoms with van der Waals surface area (Å²) in [5.41, 5.74) is 4.19. The Hall–Kier alpha value is -1.02. The Kier molecular flexibility index (Phi) is 4.74. The van der Waals surface area contributed by atoms with Gasteiger partial charge in [-0.05, 0) is 64.5 Å². The second-order valence-electron chi connectivity index (χ2n) is 7.12. The van der Waals surface area contributed by atoms with Crippen LogP contribution in [-0.2, 0) is 4.74 Å². The van der Waals surface area contributed by atoms with Crippen molar-refractivity contribution in [3.63, 3.8) is 0 Å². The van der Waals surface area contributed by atoms with Gasteiger partial charge in [-0.3, -0.25) is 0 Å². The molecule has 0 amide bonds. The summed E-state index contributed by atoms with van der Waals surface area (Å²) < 4.78 is 5.99. The number of benzene rings is 1. The molecule has 2 nitrogen and oxygen atoms in total. The van der Waals surface area contributed by atoms with Gasteiger partial charge in [-0.15, -0.1) is 0 Å². The number of hydrogen-bond acceptors (Lipinski definition) is 2. The van der Waals surface area contributed by atoms with Crippen molar-refractivity contribution in [2.24, 2.45) is 5.92 Å². The molecule has 0 bridgehead atoms. The molecule has 20 heavy (non-hydrogen) atoms. The van der Waals surface area contributed by atoms with Crippen LogP contribution in [0, 0.1) is 19.8 Å². The predicted molar refractivity (Wildman–Crippen MR) is 86.6 cm³/mol. The second-order valence-corrected chi connectivity index (χ2v) is 7.12. The van der Waals surface area contributed by atoms with E-state index in [-0.39, 0.29) is 5.60 Å².